The number of nitrogens with two attached hydrogens (primary N) is 1. The van der Waals surface area contributed by atoms with Gasteiger partial charge < -0.3 is 5.73 Å². The third-order valence-electron chi connectivity index (χ3n) is 3.16. The Labute approximate surface area is 136 Å². The first-order valence-corrected chi connectivity index (χ1v) is 9.17. The van der Waals surface area contributed by atoms with Crippen molar-refractivity contribution in [1.29, 1.82) is 0 Å². The Hall–Kier alpha value is -1.72. The quantitative estimate of drug-likeness (QED) is 0.601. The van der Waals surface area contributed by atoms with Crippen LogP contribution in [-0.2, 0) is 16.4 Å². The number of hydrogen-bond donors (Lipinski definition) is 2. The molecule has 4 nitrogen and oxygen atoms in total. The van der Waals surface area contributed by atoms with Gasteiger partial charge in [-0.2, -0.15) is 0 Å². The lowest BCUT2D eigenvalue weighted by Gasteiger charge is -2.08. The summed E-state index contributed by atoms with van der Waals surface area (Å²) in [6.07, 6.45) is 1.21. The normalized spacial score (nSPS) is 11.3. The van der Waals surface area contributed by atoms with Crippen LogP contribution in [0.4, 0.5) is 11.4 Å². The summed E-state index contributed by atoms with van der Waals surface area (Å²) in [6.45, 7) is 0. The highest BCUT2D eigenvalue weighted by atomic mass is 35.5. The van der Waals surface area contributed by atoms with Gasteiger partial charge in [-0.15, -0.1) is 11.6 Å². The van der Waals surface area contributed by atoms with Crippen molar-refractivity contribution < 1.29 is 8.42 Å². The summed E-state index contributed by atoms with van der Waals surface area (Å²) in [5.74, 6) is 0.366. The van der Waals surface area contributed by atoms with Crippen LogP contribution in [0.3, 0.4) is 0 Å². The Bertz CT molecular complexity index is 698. The summed E-state index contributed by atoms with van der Waals surface area (Å²) in [6, 6.07) is 15.1. The maximum Gasteiger partial charge on any atom is 0.232 e. The lowest BCUT2D eigenvalue weighted by Crippen LogP contribution is -2.16. The number of anilines is 2. The van der Waals surface area contributed by atoms with Crippen LogP contribution in [0.5, 0.6) is 0 Å². The number of halogens is 1. The third-order valence-corrected chi connectivity index (χ3v) is 4.80. The molecule has 0 saturated heterocycles. The minimum atomic E-state index is -3.32. The summed E-state index contributed by atoms with van der Waals surface area (Å²) in [7, 11) is -3.32. The fourth-order valence-corrected chi connectivity index (χ4v) is 3.45. The molecule has 0 aliphatic carbocycles. The van der Waals surface area contributed by atoms with Gasteiger partial charge in [0, 0.05) is 17.3 Å². The van der Waals surface area contributed by atoms with Crippen molar-refractivity contribution in [3.63, 3.8) is 0 Å². The smallest absolute Gasteiger partial charge is 0.232 e. The van der Waals surface area contributed by atoms with Gasteiger partial charge in [0.2, 0.25) is 10.0 Å². The molecule has 0 heterocycles. The molecule has 0 amide bonds. The van der Waals surface area contributed by atoms with E-state index in [4.69, 9.17) is 17.3 Å². The SMILES string of the molecule is Nc1ccc(Cc2ccc(NS(=O)(=O)CCCCl)cc2)cc1. The Kier molecular flexibility index (Phi) is 5.69. The van der Waals surface area contributed by atoms with Gasteiger partial charge in [0.15, 0.2) is 0 Å². The molecule has 2 aromatic carbocycles. The number of sulfonamides is 1. The zero-order valence-electron chi connectivity index (χ0n) is 12.1. The molecule has 0 atom stereocenters. The summed E-state index contributed by atoms with van der Waals surface area (Å²) in [5.41, 5.74) is 9.23. The zero-order valence-corrected chi connectivity index (χ0v) is 13.7. The molecule has 0 fully saturated rings. The van der Waals surface area contributed by atoms with Gasteiger partial charge in [-0.05, 0) is 48.2 Å². The molecule has 0 bridgehead atoms. The molecule has 0 aliphatic rings. The van der Waals surface area contributed by atoms with Gasteiger partial charge in [-0.3, -0.25) is 4.72 Å². The monoisotopic (exact) mass is 338 g/mol. The number of nitrogens with one attached hydrogen (secondary N) is 1. The summed E-state index contributed by atoms with van der Waals surface area (Å²) < 4.78 is 26.1. The first kappa shape index (κ1) is 16.6. The standard InChI is InChI=1S/C16H19ClN2O2S/c17-10-1-11-22(20,21)19-16-8-4-14(5-9-16)12-13-2-6-15(18)7-3-13/h2-9,19H,1,10-12,18H2. The van der Waals surface area contributed by atoms with Gasteiger partial charge >= 0.3 is 0 Å². The van der Waals surface area contributed by atoms with Crippen LogP contribution in [0.1, 0.15) is 17.5 Å². The van der Waals surface area contributed by atoms with E-state index in [1.165, 1.54) is 0 Å². The number of rotatable bonds is 7. The van der Waals surface area contributed by atoms with Crippen molar-refractivity contribution >= 4 is 33.0 Å². The third kappa shape index (κ3) is 5.24. The Morgan fingerprint density at radius 1 is 0.955 bits per heavy atom. The predicted octanol–water partition coefficient (Wildman–Crippen LogP) is 3.23. The second-order valence-electron chi connectivity index (χ2n) is 5.08. The van der Waals surface area contributed by atoms with Crippen LogP contribution in [0, 0.1) is 0 Å². The predicted molar refractivity (Wildman–Crippen MR) is 92.8 cm³/mol. The molecule has 22 heavy (non-hydrogen) atoms. The van der Waals surface area contributed by atoms with Crippen LogP contribution in [-0.4, -0.2) is 20.1 Å². The van der Waals surface area contributed by atoms with E-state index in [2.05, 4.69) is 4.72 Å². The van der Waals surface area contributed by atoms with E-state index in [9.17, 15) is 8.42 Å². The Morgan fingerprint density at radius 3 is 2.05 bits per heavy atom. The maximum atomic E-state index is 11.8. The minimum absolute atomic E-state index is 0.0314. The summed E-state index contributed by atoms with van der Waals surface area (Å²) in [4.78, 5) is 0. The lowest BCUT2D eigenvalue weighted by atomic mass is 10.0. The van der Waals surface area contributed by atoms with Gasteiger partial charge in [0.05, 0.1) is 5.75 Å². The first-order valence-electron chi connectivity index (χ1n) is 6.98. The molecule has 2 rings (SSSR count). The Morgan fingerprint density at radius 2 is 1.50 bits per heavy atom. The van der Waals surface area contributed by atoms with Gasteiger partial charge in [-0.25, -0.2) is 8.42 Å². The van der Waals surface area contributed by atoms with E-state index >= 15 is 0 Å². The van der Waals surface area contributed by atoms with E-state index in [-0.39, 0.29) is 5.75 Å². The lowest BCUT2D eigenvalue weighted by molar-refractivity contribution is 0.600. The average molecular weight is 339 g/mol. The van der Waals surface area contributed by atoms with Crippen LogP contribution < -0.4 is 10.5 Å². The van der Waals surface area contributed by atoms with E-state index in [0.717, 1.165) is 23.2 Å². The van der Waals surface area contributed by atoms with Crippen molar-refractivity contribution in [2.45, 2.75) is 12.8 Å². The van der Waals surface area contributed by atoms with Crippen molar-refractivity contribution in [2.75, 3.05) is 22.1 Å². The minimum Gasteiger partial charge on any atom is -0.399 e. The molecule has 0 aromatic heterocycles. The van der Waals surface area contributed by atoms with Crippen LogP contribution in [0.25, 0.3) is 0 Å². The Balaban J connectivity index is 1.99. The topological polar surface area (TPSA) is 72.2 Å². The van der Waals surface area contributed by atoms with E-state index < -0.39 is 10.0 Å². The number of alkyl halides is 1. The van der Waals surface area contributed by atoms with Crippen molar-refractivity contribution in [3.8, 4) is 0 Å². The molecular weight excluding hydrogens is 320 g/mol. The van der Waals surface area contributed by atoms with Crippen molar-refractivity contribution in [2.24, 2.45) is 0 Å². The number of hydrogen-bond acceptors (Lipinski definition) is 3. The number of benzene rings is 2. The first-order chi connectivity index (χ1) is 10.5. The molecule has 3 N–H and O–H groups in total. The van der Waals surface area contributed by atoms with E-state index in [1.54, 1.807) is 12.1 Å². The number of nitrogen functional groups attached to an aromatic ring is 1. The second kappa shape index (κ2) is 7.51. The van der Waals surface area contributed by atoms with E-state index in [0.29, 0.717) is 18.0 Å². The van der Waals surface area contributed by atoms with E-state index in [1.807, 2.05) is 36.4 Å². The molecular formula is C16H19ClN2O2S. The molecule has 0 spiro atoms. The molecule has 0 unspecified atom stereocenters. The highest BCUT2D eigenvalue weighted by Crippen LogP contribution is 2.16. The molecule has 0 aliphatic heterocycles. The van der Waals surface area contributed by atoms with Crippen LogP contribution >= 0.6 is 11.6 Å². The summed E-state index contributed by atoms with van der Waals surface area (Å²) >= 11 is 5.52. The maximum absolute atomic E-state index is 11.8. The highest BCUT2D eigenvalue weighted by Gasteiger charge is 2.09. The fraction of sp³-hybridized carbons (Fsp3) is 0.250. The van der Waals surface area contributed by atoms with Crippen LogP contribution in [0.2, 0.25) is 0 Å². The molecule has 6 heteroatoms. The molecule has 2 aromatic rings. The van der Waals surface area contributed by atoms with Gasteiger partial charge in [0.25, 0.3) is 0 Å². The molecule has 0 saturated carbocycles. The molecule has 0 radical (unpaired) electrons. The van der Waals surface area contributed by atoms with Gasteiger partial charge in [-0.1, -0.05) is 24.3 Å². The van der Waals surface area contributed by atoms with Crippen LogP contribution in [0.15, 0.2) is 48.5 Å². The van der Waals surface area contributed by atoms with Crippen molar-refractivity contribution in [3.05, 3.63) is 59.7 Å². The second-order valence-corrected chi connectivity index (χ2v) is 7.30. The highest BCUT2D eigenvalue weighted by molar-refractivity contribution is 7.92. The van der Waals surface area contributed by atoms with Gasteiger partial charge in [0.1, 0.15) is 0 Å². The average Bonchev–Trinajstić information content (AvgIpc) is 2.49. The summed E-state index contributed by atoms with van der Waals surface area (Å²) in [5, 5.41) is 0. The van der Waals surface area contributed by atoms with Crippen molar-refractivity contribution in [1.82, 2.24) is 0 Å². The zero-order chi connectivity index (χ0) is 16.0. The fourth-order valence-electron chi connectivity index (χ4n) is 2.04. The largest absolute Gasteiger partial charge is 0.399 e. The molecule has 118 valence electrons.